The van der Waals surface area contributed by atoms with Crippen LogP contribution in [0.15, 0.2) is 42.5 Å². The standard InChI is InChI=1S/C24H28F3N5O2/c1-32(2)22-19-5-3-4-6-20(19)30-23(31-22)29-17-9-7-16(8-10-17)28-14-15-13-18(11-12-21(15)33)34-24(25,26)27/h3-6,11-13,16-17,28,33H,7-10,14H2,1-2H3,(H,29,30,31). The van der Waals surface area contributed by atoms with E-state index in [0.717, 1.165) is 48.5 Å². The van der Waals surface area contributed by atoms with Crippen LogP contribution in [0.3, 0.4) is 0 Å². The second kappa shape index (κ2) is 9.92. The number of hydrogen-bond donors (Lipinski definition) is 3. The Hall–Kier alpha value is -3.27. The van der Waals surface area contributed by atoms with E-state index in [4.69, 9.17) is 4.98 Å². The molecule has 3 aromatic rings. The van der Waals surface area contributed by atoms with E-state index in [9.17, 15) is 18.3 Å². The number of hydrogen-bond acceptors (Lipinski definition) is 7. The number of benzene rings is 2. The molecule has 182 valence electrons. The molecule has 0 saturated heterocycles. The van der Waals surface area contributed by atoms with E-state index < -0.39 is 6.36 Å². The SMILES string of the molecule is CN(C)c1nc(NC2CCC(NCc3cc(OC(F)(F)F)ccc3O)CC2)nc2ccccc12. The lowest BCUT2D eigenvalue weighted by Crippen LogP contribution is -2.37. The maximum Gasteiger partial charge on any atom is 0.573 e. The van der Waals surface area contributed by atoms with Crippen LogP contribution in [0, 0.1) is 0 Å². The summed E-state index contributed by atoms with van der Waals surface area (Å²) < 4.78 is 41.3. The predicted molar refractivity (Wildman–Crippen MR) is 125 cm³/mol. The molecule has 0 unspecified atom stereocenters. The number of phenolic OH excluding ortho intramolecular Hbond substituents is 1. The van der Waals surface area contributed by atoms with E-state index >= 15 is 0 Å². The molecule has 3 N–H and O–H groups in total. The largest absolute Gasteiger partial charge is 0.573 e. The first kappa shape index (κ1) is 23.9. The van der Waals surface area contributed by atoms with Crippen molar-refractivity contribution in [3.8, 4) is 11.5 Å². The van der Waals surface area contributed by atoms with E-state index in [2.05, 4.69) is 20.4 Å². The topological polar surface area (TPSA) is 82.5 Å². The van der Waals surface area contributed by atoms with Gasteiger partial charge in [0.1, 0.15) is 17.3 Å². The molecule has 0 radical (unpaired) electrons. The van der Waals surface area contributed by atoms with Gasteiger partial charge in [0.15, 0.2) is 0 Å². The summed E-state index contributed by atoms with van der Waals surface area (Å²) >= 11 is 0. The Labute approximate surface area is 196 Å². The minimum Gasteiger partial charge on any atom is -0.508 e. The lowest BCUT2D eigenvalue weighted by atomic mass is 9.91. The molecule has 7 nitrogen and oxygen atoms in total. The first-order valence-electron chi connectivity index (χ1n) is 11.2. The maximum atomic E-state index is 12.5. The van der Waals surface area contributed by atoms with Crippen LogP contribution in [0.25, 0.3) is 10.9 Å². The smallest absolute Gasteiger partial charge is 0.508 e. The molecule has 1 fully saturated rings. The lowest BCUT2D eigenvalue weighted by Gasteiger charge is -2.30. The molecule has 34 heavy (non-hydrogen) atoms. The Bertz CT molecular complexity index is 1130. The second-order valence-corrected chi connectivity index (χ2v) is 8.69. The number of anilines is 2. The van der Waals surface area contributed by atoms with Gasteiger partial charge in [-0.1, -0.05) is 12.1 Å². The first-order valence-corrected chi connectivity index (χ1v) is 11.2. The van der Waals surface area contributed by atoms with E-state index in [1.165, 1.54) is 12.1 Å². The highest BCUT2D eigenvalue weighted by Crippen LogP contribution is 2.29. The number of para-hydroxylation sites is 1. The van der Waals surface area contributed by atoms with Gasteiger partial charge >= 0.3 is 6.36 Å². The number of rotatable bonds is 7. The van der Waals surface area contributed by atoms with Gasteiger partial charge in [-0.05, 0) is 56.0 Å². The van der Waals surface area contributed by atoms with E-state index in [1.807, 2.05) is 43.3 Å². The molecule has 0 aliphatic heterocycles. The van der Waals surface area contributed by atoms with Crippen LogP contribution in [0.5, 0.6) is 11.5 Å². The van der Waals surface area contributed by atoms with Crippen molar-refractivity contribution in [2.45, 2.75) is 50.7 Å². The van der Waals surface area contributed by atoms with Crippen molar-refractivity contribution in [1.29, 1.82) is 0 Å². The molecule has 10 heteroatoms. The van der Waals surface area contributed by atoms with Crippen LogP contribution in [-0.2, 0) is 6.54 Å². The van der Waals surface area contributed by atoms with Gasteiger partial charge in [0.2, 0.25) is 5.95 Å². The van der Waals surface area contributed by atoms with Crippen LogP contribution in [0.4, 0.5) is 24.9 Å². The van der Waals surface area contributed by atoms with Crippen molar-refractivity contribution in [2.75, 3.05) is 24.3 Å². The number of nitrogens with zero attached hydrogens (tertiary/aromatic N) is 3. The fourth-order valence-electron chi connectivity index (χ4n) is 4.24. The van der Waals surface area contributed by atoms with E-state index in [1.54, 1.807) is 0 Å². The van der Waals surface area contributed by atoms with Crippen molar-refractivity contribution in [1.82, 2.24) is 15.3 Å². The van der Waals surface area contributed by atoms with Crippen molar-refractivity contribution >= 4 is 22.7 Å². The average Bonchev–Trinajstić information content (AvgIpc) is 2.79. The molecule has 0 amide bonds. The average molecular weight is 476 g/mol. The molecule has 0 bridgehead atoms. The number of aromatic hydroxyl groups is 1. The Morgan fingerprint density at radius 3 is 2.44 bits per heavy atom. The number of phenols is 1. The van der Waals surface area contributed by atoms with Gasteiger partial charge in [0.25, 0.3) is 0 Å². The number of nitrogens with one attached hydrogen (secondary N) is 2. The molecule has 0 atom stereocenters. The first-order chi connectivity index (χ1) is 16.2. The molecule has 0 spiro atoms. The Balaban J connectivity index is 1.33. The van der Waals surface area contributed by atoms with Crippen LogP contribution >= 0.6 is 0 Å². The third kappa shape index (κ3) is 5.99. The van der Waals surface area contributed by atoms with Crippen LogP contribution in [0.2, 0.25) is 0 Å². The Morgan fingerprint density at radius 1 is 1.03 bits per heavy atom. The van der Waals surface area contributed by atoms with Crippen molar-refractivity contribution in [3.05, 3.63) is 48.0 Å². The van der Waals surface area contributed by atoms with Crippen LogP contribution in [0.1, 0.15) is 31.2 Å². The normalized spacial score (nSPS) is 18.6. The summed E-state index contributed by atoms with van der Waals surface area (Å²) in [7, 11) is 3.91. The molecule has 2 aromatic carbocycles. The van der Waals surface area contributed by atoms with Gasteiger partial charge in [-0.25, -0.2) is 4.98 Å². The summed E-state index contributed by atoms with van der Waals surface area (Å²) in [6.45, 7) is 0.254. The predicted octanol–water partition coefficient (Wildman–Crippen LogP) is 4.81. The molecule has 1 aliphatic carbocycles. The third-order valence-corrected chi connectivity index (χ3v) is 5.93. The zero-order valence-electron chi connectivity index (χ0n) is 19.1. The van der Waals surface area contributed by atoms with Gasteiger partial charge in [0, 0.05) is 43.7 Å². The van der Waals surface area contributed by atoms with Crippen molar-refractivity contribution in [2.24, 2.45) is 0 Å². The summed E-state index contributed by atoms with van der Waals surface area (Å²) in [4.78, 5) is 11.3. The third-order valence-electron chi connectivity index (χ3n) is 5.93. The number of alkyl halides is 3. The van der Waals surface area contributed by atoms with Gasteiger partial charge in [0.05, 0.1) is 5.52 Å². The molecular formula is C24H28F3N5O2. The maximum absolute atomic E-state index is 12.5. The number of ether oxygens (including phenoxy) is 1. The minimum absolute atomic E-state index is 0.0671. The summed E-state index contributed by atoms with van der Waals surface area (Å²) in [5.74, 6) is 1.05. The minimum atomic E-state index is -4.77. The summed E-state index contributed by atoms with van der Waals surface area (Å²) in [6.07, 6.45) is -1.21. The highest BCUT2D eigenvalue weighted by atomic mass is 19.4. The van der Waals surface area contributed by atoms with E-state index in [-0.39, 0.29) is 30.1 Å². The zero-order valence-corrected chi connectivity index (χ0v) is 19.1. The fraction of sp³-hybridized carbons (Fsp3) is 0.417. The van der Waals surface area contributed by atoms with Crippen molar-refractivity contribution in [3.63, 3.8) is 0 Å². The Kier molecular flexibility index (Phi) is 6.97. The van der Waals surface area contributed by atoms with Gasteiger partial charge in [-0.3, -0.25) is 0 Å². The molecule has 1 heterocycles. The number of halogens is 3. The zero-order chi connectivity index (χ0) is 24.3. The lowest BCUT2D eigenvalue weighted by molar-refractivity contribution is -0.274. The molecular weight excluding hydrogens is 447 g/mol. The molecule has 4 rings (SSSR count). The molecule has 1 saturated carbocycles. The van der Waals surface area contributed by atoms with Gasteiger partial charge < -0.3 is 25.4 Å². The Morgan fingerprint density at radius 2 is 1.74 bits per heavy atom. The monoisotopic (exact) mass is 475 g/mol. The van der Waals surface area contributed by atoms with Gasteiger partial charge in [-0.15, -0.1) is 13.2 Å². The number of aromatic nitrogens is 2. The fourth-order valence-corrected chi connectivity index (χ4v) is 4.24. The second-order valence-electron chi connectivity index (χ2n) is 8.69. The van der Waals surface area contributed by atoms with Crippen molar-refractivity contribution < 1.29 is 23.0 Å². The van der Waals surface area contributed by atoms with Gasteiger partial charge in [-0.2, -0.15) is 4.98 Å². The summed E-state index contributed by atoms with van der Waals surface area (Å²) in [6, 6.07) is 11.9. The summed E-state index contributed by atoms with van der Waals surface area (Å²) in [5, 5.41) is 17.8. The number of fused-ring (bicyclic) bond motifs is 1. The van der Waals surface area contributed by atoms with Crippen LogP contribution in [-0.4, -0.2) is 47.6 Å². The van der Waals surface area contributed by atoms with E-state index in [0.29, 0.717) is 11.5 Å². The highest BCUT2D eigenvalue weighted by Gasteiger charge is 2.31. The quantitative estimate of drug-likeness (QED) is 0.452. The highest BCUT2D eigenvalue weighted by molar-refractivity contribution is 5.90. The molecule has 1 aromatic heterocycles. The molecule has 1 aliphatic rings. The summed E-state index contributed by atoms with van der Waals surface area (Å²) in [5.41, 5.74) is 1.25. The van der Waals surface area contributed by atoms with Crippen LogP contribution < -0.4 is 20.3 Å².